The summed E-state index contributed by atoms with van der Waals surface area (Å²) in [6, 6.07) is 14.9. The van der Waals surface area contributed by atoms with Gasteiger partial charge < -0.3 is 10.2 Å². The fraction of sp³-hybridized carbons (Fsp3) is 0.350. The van der Waals surface area contributed by atoms with Crippen LogP contribution in [0.5, 0.6) is 0 Å². The number of nitrogens with one attached hydrogen (secondary N) is 1. The zero-order chi connectivity index (χ0) is 18.2. The molecule has 1 aromatic carbocycles. The molecule has 0 aliphatic rings. The van der Waals surface area contributed by atoms with Crippen LogP contribution in [0.15, 0.2) is 48.5 Å². The number of carbonyl (C=O) groups is 2. The molecule has 5 heteroatoms. The lowest BCUT2D eigenvalue weighted by Gasteiger charge is -2.21. The van der Waals surface area contributed by atoms with Crippen LogP contribution < -0.4 is 5.32 Å². The number of amides is 2. The van der Waals surface area contributed by atoms with Gasteiger partial charge in [-0.15, -0.1) is 0 Å². The fourth-order valence-electron chi connectivity index (χ4n) is 2.37. The molecule has 0 spiro atoms. The number of hydrogen-bond donors (Lipinski definition) is 1. The zero-order valence-corrected chi connectivity index (χ0v) is 15.0. The van der Waals surface area contributed by atoms with E-state index in [9.17, 15) is 9.59 Å². The van der Waals surface area contributed by atoms with Crippen molar-refractivity contribution in [2.75, 3.05) is 6.54 Å². The average molecular weight is 339 g/mol. The molecule has 132 valence electrons. The SMILES string of the molecule is CCC(C)NC(=O)c1cccc(C(=O)N(CC)Cc2ccccc2)n1. The summed E-state index contributed by atoms with van der Waals surface area (Å²) in [7, 11) is 0. The van der Waals surface area contributed by atoms with E-state index in [1.807, 2.05) is 51.1 Å². The third kappa shape index (κ3) is 5.14. The molecule has 0 aliphatic heterocycles. The van der Waals surface area contributed by atoms with Crippen LogP contribution in [-0.2, 0) is 6.54 Å². The summed E-state index contributed by atoms with van der Waals surface area (Å²) in [5.74, 6) is -0.431. The number of carbonyl (C=O) groups excluding carboxylic acids is 2. The summed E-state index contributed by atoms with van der Waals surface area (Å²) in [6.07, 6.45) is 0.838. The second-order valence-electron chi connectivity index (χ2n) is 6.00. The van der Waals surface area contributed by atoms with Crippen LogP contribution in [0.4, 0.5) is 0 Å². The van der Waals surface area contributed by atoms with Crippen LogP contribution in [-0.4, -0.2) is 34.3 Å². The van der Waals surface area contributed by atoms with E-state index < -0.39 is 0 Å². The fourth-order valence-corrected chi connectivity index (χ4v) is 2.37. The Morgan fingerprint density at radius 2 is 1.72 bits per heavy atom. The van der Waals surface area contributed by atoms with Gasteiger partial charge in [0, 0.05) is 19.1 Å². The topological polar surface area (TPSA) is 62.3 Å². The predicted molar refractivity (Wildman–Crippen MR) is 98.3 cm³/mol. The van der Waals surface area contributed by atoms with Gasteiger partial charge in [0.05, 0.1) is 0 Å². The molecular formula is C20H25N3O2. The van der Waals surface area contributed by atoms with Gasteiger partial charge in [-0.05, 0) is 38.0 Å². The number of nitrogens with zero attached hydrogens (tertiary/aromatic N) is 2. The number of pyridine rings is 1. The Morgan fingerprint density at radius 3 is 2.36 bits per heavy atom. The highest BCUT2D eigenvalue weighted by molar-refractivity contribution is 5.96. The first kappa shape index (κ1) is 18.6. The first-order valence-corrected chi connectivity index (χ1v) is 8.66. The minimum Gasteiger partial charge on any atom is -0.348 e. The van der Waals surface area contributed by atoms with Crippen molar-refractivity contribution in [1.82, 2.24) is 15.2 Å². The van der Waals surface area contributed by atoms with Crippen molar-refractivity contribution >= 4 is 11.8 Å². The molecule has 0 saturated carbocycles. The van der Waals surface area contributed by atoms with E-state index in [1.165, 1.54) is 0 Å². The first-order valence-electron chi connectivity index (χ1n) is 8.66. The Morgan fingerprint density at radius 1 is 1.04 bits per heavy atom. The molecule has 1 atom stereocenters. The molecule has 0 aliphatic carbocycles. The molecule has 0 bridgehead atoms. The Bertz CT molecular complexity index is 716. The smallest absolute Gasteiger partial charge is 0.272 e. The van der Waals surface area contributed by atoms with E-state index in [1.54, 1.807) is 23.1 Å². The molecule has 1 unspecified atom stereocenters. The van der Waals surface area contributed by atoms with Gasteiger partial charge in [-0.25, -0.2) is 4.98 Å². The van der Waals surface area contributed by atoms with Crippen molar-refractivity contribution in [3.8, 4) is 0 Å². The van der Waals surface area contributed by atoms with E-state index in [-0.39, 0.29) is 29.2 Å². The lowest BCUT2D eigenvalue weighted by atomic mass is 10.2. The summed E-state index contributed by atoms with van der Waals surface area (Å²) in [5, 5.41) is 2.87. The Kier molecular flexibility index (Phi) is 6.69. The molecule has 5 nitrogen and oxygen atoms in total. The van der Waals surface area contributed by atoms with E-state index in [4.69, 9.17) is 0 Å². The summed E-state index contributed by atoms with van der Waals surface area (Å²) in [5.41, 5.74) is 1.61. The summed E-state index contributed by atoms with van der Waals surface area (Å²) >= 11 is 0. The quantitative estimate of drug-likeness (QED) is 0.842. The van der Waals surface area contributed by atoms with Gasteiger partial charge in [0.15, 0.2) is 0 Å². The van der Waals surface area contributed by atoms with Crippen LogP contribution in [0.2, 0.25) is 0 Å². The number of hydrogen-bond acceptors (Lipinski definition) is 3. The molecule has 2 amide bonds. The van der Waals surface area contributed by atoms with Gasteiger partial charge >= 0.3 is 0 Å². The van der Waals surface area contributed by atoms with Gasteiger partial charge in [-0.1, -0.05) is 43.3 Å². The van der Waals surface area contributed by atoms with Gasteiger partial charge in [-0.2, -0.15) is 0 Å². The van der Waals surface area contributed by atoms with Gasteiger partial charge in [0.1, 0.15) is 11.4 Å². The Hall–Kier alpha value is -2.69. The summed E-state index contributed by atoms with van der Waals surface area (Å²) in [6.45, 7) is 6.95. The molecule has 1 aromatic heterocycles. The minimum atomic E-state index is -0.255. The third-order valence-electron chi connectivity index (χ3n) is 4.08. The van der Waals surface area contributed by atoms with Crippen LogP contribution in [0.25, 0.3) is 0 Å². The average Bonchev–Trinajstić information content (AvgIpc) is 2.66. The maximum Gasteiger partial charge on any atom is 0.272 e. The lowest BCUT2D eigenvalue weighted by molar-refractivity contribution is 0.0746. The largest absolute Gasteiger partial charge is 0.348 e. The van der Waals surface area contributed by atoms with Crippen LogP contribution in [0.3, 0.4) is 0 Å². The van der Waals surface area contributed by atoms with E-state index >= 15 is 0 Å². The van der Waals surface area contributed by atoms with Gasteiger partial charge in [-0.3, -0.25) is 9.59 Å². The van der Waals surface area contributed by atoms with Crippen LogP contribution in [0.1, 0.15) is 53.7 Å². The van der Waals surface area contributed by atoms with E-state index in [0.29, 0.717) is 13.1 Å². The molecular weight excluding hydrogens is 314 g/mol. The standard InChI is InChI=1S/C20H25N3O2/c1-4-15(3)21-19(24)17-12-9-13-18(22-17)20(25)23(5-2)14-16-10-7-6-8-11-16/h6-13,15H,4-5,14H2,1-3H3,(H,21,24). The molecule has 1 N–H and O–H groups in total. The van der Waals surface area contributed by atoms with Crippen LogP contribution >= 0.6 is 0 Å². The number of rotatable bonds is 7. The lowest BCUT2D eigenvalue weighted by Crippen LogP contribution is -2.34. The van der Waals surface area contributed by atoms with Crippen molar-refractivity contribution in [2.24, 2.45) is 0 Å². The highest BCUT2D eigenvalue weighted by Crippen LogP contribution is 2.09. The van der Waals surface area contributed by atoms with Crippen molar-refractivity contribution in [1.29, 1.82) is 0 Å². The second kappa shape index (κ2) is 8.97. The molecule has 0 radical (unpaired) electrons. The Labute approximate surface area is 149 Å². The van der Waals surface area contributed by atoms with Crippen molar-refractivity contribution < 1.29 is 9.59 Å². The minimum absolute atomic E-state index is 0.0684. The zero-order valence-electron chi connectivity index (χ0n) is 15.0. The van der Waals surface area contributed by atoms with Crippen molar-refractivity contribution in [3.63, 3.8) is 0 Å². The molecule has 2 rings (SSSR count). The molecule has 0 fully saturated rings. The Balaban J connectivity index is 2.15. The number of benzene rings is 1. The maximum absolute atomic E-state index is 12.8. The molecule has 2 aromatic rings. The first-order chi connectivity index (χ1) is 12.0. The third-order valence-corrected chi connectivity index (χ3v) is 4.08. The maximum atomic E-state index is 12.8. The monoisotopic (exact) mass is 339 g/mol. The van der Waals surface area contributed by atoms with Crippen LogP contribution in [0, 0.1) is 0 Å². The highest BCUT2D eigenvalue weighted by atomic mass is 16.2. The van der Waals surface area contributed by atoms with Crippen molar-refractivity contribution in [2.45, 2.75) is 39.8 Å². The predicted octanol–water partition coefficient (Wildman–Crippen LogP) is 3.27. The summed E-state index contributed by atoms with van der Waals surface area (Å²) in [4.78, 5) is 31.0. The van der Waals surface area contributed by atoms with E-state index in [2.05, 4.69) is 10.3 Å². The molecule has 0 saturated heterocycles. The number of aromatic nitrogens is 1. The molecule has 25 heavy (non-hydrogen) atoms. The second-order valence-corrected chi connectivity index (χ2v) is 6.00. The van der Waals surface area contributed by atoms with Gasteiger partial charge in [0.25, 0.3) is 11.8 Å². The highest BCUT2D eigenvalue weighted by Gasteiger charge is 2.18. The summed E-state index contributed by atoms with van der Waals surface area (Å²) < 4.78 is 0. The van der Waals surface area contributed by atoms with E-state index in [0.717, 1.165) is 12.0 Å². The molecule has 1 heterocycles. The van der Waals surface area contributed by atoms with Gasteiger partial charge in [0.2, 0.25) is 0 Å². The normalized spacial score (nSPS) is 11.6. The van der Waals surface area contributed by atoms with Crippen molar-refractivity contribution in [3.05, 3.63) is 65.5 Å².